The highest BCUT2D eigenvalue weighted by Crippen LogP contribution is 2.18. The molecule has 0 aliphatic heterocycles. The lowest BCUT2D eigenvalue weighted by molar-refractivity contribution is 0.365. The Kier molecular flexibility index (Phi) is 5.28. The van der Waals surface area contributed by atoms with Gasteiger partial charge in [0.25, 0.3) is 0 Å². The van der Waals surface area contributed by atoms with Crippen molar-refractivity contribution in [3.8, 4) is 5.75 Å². The van der Waals surface area contributed by atoms with Crippen LogP contribution in [-0.2, 0) is 13.0 Å². The third-order valence-electron chi connectivity index (χ3n) is 2.51. The first-order valence-electron chi connectivity index (χ1n) is 5.62. The summed E-state index contributed by atoms with van der Waals surface area (Å²) in [6, 6.07) is 0. The number of ether oxygens (including phenoxy) is 1. The van der Waals surface area contributed by atoms with Gasteiger partial charge in [-0.3, -0.25) is 4.68 Å². The maximum atomic E-state index is 5.53. The zero-order chi connectivity index (χ0) is 12.0. The topological polar surface area (TPSA) is 56.3 Å². The first kappa shape index (κ1) is 13.0. The third kappa shape index (κ3) is 3.50. The molecule has 0 aliphatic rings. The van der Waals surface area contributed by atoms with Crippen molar-refractivity contribution in [2.75, 3.05) is 34.3 Å². The standard InChI is InChI=1S/C11H22N4O/c1-14(2)7-8-15-10(5-4-6-12)11(16-3)9-13-15/h9H,4-8,12H2,1-3H3. The summed E-state index contributed by atoms with van der Waals surface area (Å²) in [6.45, 7) is 2.55. The molecule has 0 bridgehead atoms. The fourth-order valence-electron chi connectivity index (χ4n) is 1.57. The molecule has 0 unspecified atom stereocenters. The summed E-state index contributed by atoms with van der Waals surface area (Å²) in [5, 5.41) is 4.34. The Morgan fingerprint density at radius 3 is 2.81 bits per heavy atom. The van der Waals surface area contributed by atoms with E-state index in [1.54, 1.807) is 13.3 Å². The second-order valence-electron chi connectivity index (χ2n) is 4.08. The largest absolute Gasteiger partial charge is 0.493 e. The number of likely N-dealkylation sites (N-methyl/N-ethyl adjacent to an activating group) is 1. The van der Waals surface area contributed by atoms with Crippen LogP contribution in [0.15, 0.2) is 6.20 Å². The van der Waals surface area contributed by atoms with Crippen molar-refractivity contribution in [2.45, 2.75) is 19.4 Å². The predicted octanol–water partition coefficient (Wildman–Crippen LogP) is 0.345. The normalized spacial score (nSPS) is 11.1. The molecular formula is C11H22N4O. The monoisotopic (exact) mass is 226 g/mol. The molecular weight excluding hydrogens is 204 g/mol. The van der Waals surface area contributed by atoms with Crippen LogP contribution >= 0.6 is 0 Å². The van der Waals surface area contributed by atoms with Crippen LogP contribution in [0.4, 0.5) is 0 Å². The number of hydrogen-bond donors (Lipinski definition) is 1. The molecule has 0 fully saturated rings. The van der Waals surface area contributed by atoms with E-state index in [9.17, 15) is 0 Å². The maximum absolute atomic E-state index is 5.53. The molecule has 0 atom stereocenters. The number of rotatable bonds is 7. The van der Waals surface area contributed by atoms with Crippen molar-refractivity contribution in [1.29, 1.82) is 0 Å². The van der Waals surface area contributed by atoms with Crippen LogP contribution in [0.5, 0.6) is 5.75 Å². The minimum atomic E-state index is 0.696. The van der Waals surface area contributed by atoms with Crippen molar-refractivity contribution < 1.29 is 4.74 Å². The molecule has 5 nitrogen and oxygen atoms in total. The van der Waals surface area contributed by atoms with E-state index in [4.69, 9.17) is 10.5 Å². The molecule has 0 spiro atoms. The number of methoxy groups -OCH3 is 1. The molecule has 5 heteroatoms. The summed E-state index contributed by atoms with van der Waals surface area (Å²) < 4.78 is 7.30. The van der Waals surface area contributed by atoms with Crippen molar-refractivity contribution in [3.05, 3.63) is 11.9 Å². The van der Waals surface area contributed by atoms with Gasteiger partial charge < -0.3 is 15.4 Å². The van der Waals surface area contributed by atoms with Crippen molar-refractivity contribution in [1.82, 2.24) is 14.7 Å². The molecule has 0 saturated carbocycles. The molecule has 0 aromatic carbocycles. The second-order valence-corrected chi connectivity index (χ2v) is 4.08. The molecule has 92 valence electrons. The molecule has 1 aromatic rings. The fourth-order valence-corrected chi connectivity index (χ4v) is 1.57. The summed E-state index contributed by atoms with van der Waals surface area (Å²) in [7, 11) is 5.79. The Morgan fingerprint density at radius 1 is 1.50 bits per heavy atom. The molecule has 1 rings (SSSR count). The van der Waals surface area contributed by atoms with E-state index < -0.39 is 0 Å². The van der Waals surface area contributed by atoms with Gasteiger partial charge in [0, 0.05) is 6.54 Å². The molecule has 2 N–H and O–H groups in total. The van der Waals surface area contributed by atoms with Crippen molar-refractivity contribution in [3.63, 3.8) is 0 Å². The highest BCUT2D eigenvalue weighted by molar-refractivity contribution is 5.25. The minimum Gasteiger partial charge on any atom is -0.493 e. The van der Waals surface area contributed by atoms with Gasteiger partial charge in [-0.05, 0) is 33.5 Å². The van der Waals surface area contributed by atoms with E-state index in [2.05, 4.69) is 24.1 Å². The van der Waals surface area contributed by atoms with Crippen LogP contribution in [-0.4, -0.2) is 49.0 Å². The summed E-state index contributed by atoms with van der Waals surface area (Å²) >= 11 is 0. The number of aromatic nitrogens is 2. The highest BCUT2D eigenvalue weighted by Gasteiger charge is 2.10. The highest BCUT2D eigenvalue weighted by atomic mass is 16.5. The SMILES string of the molecule is COc1cnn(CCN(C)C)c1CCCN. The predicted molar refractivity (Wildman–Crippen MR) is 64.7 cm³/mol. The van der Waals surface area contributed by atoms with Crippen LogP contribution in [0, 0.1) is 0 Å². The maximum Gasteiger partial charge on any atom is 0.159 e. The Labute approximate surface area is 97.2 Å². The summed E-state index contributed by atoms with van der Waals surface area (Å²) in [4.78, 5) is 2.14. The molecule has 0 radical (unpaired) electrons. The van der Waals surface area contributed by atoms with E-state index in [1.807, 2.05) is 4.68 Å². The number of nitrogens with zero attached hydrogens (tertiary/aromatic N) is 3. The van der Waals surface area contributed by atoms with E-state index in [0.717, 1.165) is 37.4 Å². The third-order valence-corrected chi connectivity index (χ3v) is 2.51. The lowest BCUT2D eigenvalue weighted by atomic mass is 10.2. The molecule has 1 aromatic heterocycles. The molecule has 1 heterocycles. The summed E-state index contributed by atoms with van der Waals surface area (Å²) in [5.41, 5.74) is 6.68. The quantitative estimate of drug-likeness (QED) is 0.728. The number of hydrogen-bond acceptors (Lipinski definition) is 4. The van der Waals surface area contributed by atoms with Gasteiger partial charge in [-0.15, -0.1) is 0 Å². The van der Waals surface area contributed by atoms with Crippen LogP contribution in [0.2, 0.25) is 0 Å². The van der Waals surface area contributed by atoms with Crippen LogP contribution < -0.4 is 10.5 Å². The lowest BCUT2D eigenvalue weighted by Crippen LogP contribution is -2.20. The summed E-state index contributed by atoms with van der Waals surface area (Å²) in [5.74, 6) is 0.868. The lowest BCUT2D eigenvalue weighted by Gasteiger charge is -2.12. The zero-order valence-corrected chi connectivity index (χ0v) is 10.4. The fraction of sp³-hybridized carbons (Fsp3) is 0.727. The first-order chi connectivity index (χ1) is 7.69. The van der Waals surface area contributed by atoms with Crippen LogP contribution in [0.3, 0.4) is 0 Å². The van der Waals surface area contributed by atoms with E-state index in [-0.39, 0.29) is 0 Å². The van der Waals surface area contributed by atoms with Gasteiger partial charge >= 0.3 is 0 Å². The van der Waals surface area contributed by atoms with Crippen molar-refractivity contribution >= 4 is 0 Å². The Morgan fingerprint density at radius 2 is 2.25 bits per heavy atom. The Hall–Kier alpha value is -1.07. The Bertz CT molecular complexity index is 309. The van der Waals surface area contributed by atoms with Crippen LogP contribution in [0.25, 0.3) is 0 Å². The van der Waals surface area contributed by atoms with Crippen molar-refractivity contribution in [2.24, 2.45) is 5.73 Å². The molecule has 16 heavy (non-hydrogen) atoms. The zero-order valence-electron chi connectivity index (χ0n) is 10.4. The van der Waals surface area contributed by atoms with Gasteiger partial charge in [-0.2, -0.15) is 5.10 Å². The molecule has 0 saturated heterocycles. The molecule has 0 amide bonds. The average molecular weight is 226 g/mol. The minimum absolute atomic E-state index is 0.696. The second kappa shape index (κ2) is 6.50. The Balaban J connectivity index is 2.70. The van der Waals surface area contributed by atoms with Gasteiger partial charge in [-0.1, -0.05) is 0 Å². The average Bonchev–Trinajstić information content (AvgIpc) is 2.65. The van der Waals surface area contributed by atoms with E-state index >= 15 is 0 Å². The summed E-state index contributed by atoms with van der Waals surface area (Å²) in [6.07, 6.45) is 3.67. The first-order valence-corrected chi connectivity index (χ1v) is 5.62. The van der Waals surface area contributed by atoms with Gasteiger partial charge in [0.15, 0.2) is 5.75 Å². The van der Waals surface area contributed by atoms with Gasteiger partial charge in [0.05, 0.1) is 25.5 Å². The van der Waals surface area contributed by atoms with Gasteiger partial charge in [0.2, 0.25) is 0 Å². The molecule has 0 aliphatic carbocycles. The number of nitrogens with two attached hydrogens (primary N) is 1. The van der Waals surface area contributed by atoms with E-state index in [1.165, 1.54) is 0 Å². The van der Waals surface area contributed by atoms with Gasteiger partial charge in [0.1, 0.15) is 0 Å². The smallest absolute Gasteiger partial charge is 0.159 e. The van der Waals surface area contributed by atoms with E-state index in [0.29, 0.717) is 6.54 Å². The van der Waals surface area contributed by atoms with Crippen LogP contribution in [0.1, 0.15) is 12.1 Å². The van der Waals surface area contributed by atoms with Gasteiger partial charge in [-0.25, -0.2) is 0 Å².